The van der Waals surface area contributed by atoms with Crippen molar-refractivity contribution in [1.82, 2.24) is 10.3 Å². The van der Waals surface area contributed by atoms with Gasteiger partial charge in [0.05, 0.1) is 0 Å². The minimum absolute atomic E-state index is 0.0380. The molecule has 1 aromatic rings. The van der Waals surface area contributed by atoms with Crippen molar-refractivity contribution in [2.24, 2.45) is 0 Å². The standard InChI is InChI=1S/C14H21N3OS/c1-9-6-10(7-13(15)16-9)14(18)17-11-4-3-5-12(8-11)19-2/h6-7,11-12H,3-5,8H2,1-2H3,(H2,15,16)(H,17,18). The Morgan fingerprint density at radius 2 is 2.26 bits per heavy atom. The van der Waals surface area contributed by atoms with E-state index in [1.807, 2.05) is 18.7 Å². The molecule has 1 heterocycles. The molecule has 3 N–H and O–H groups in total. The molecule has 4 nitrogen and oxygen atoms in total. The largest absolute Gasteiger partial charge is 0.384 e. The minimum Gasteiger partial charge on any atom is -0.384 e. The number of aryl methyl sites for hydroxylation is 1. The molecular weight excluding hydrogens is 258 g/mol. The molecule has 1 aromatic heterocycles. The van der Waals surface area contributed by atoms with Crippen LogP contribution in [0.1, 0.15) is 41.7 Å². The number of pyridine rings is 1. The van der Waals surface area contributed by atoms with E-state index in [-0.39, 0.29) is 11.9 Å². The summed E-state index contributed by atoms with van der Waals surface area (Å²) in [4.78, 5) is 16.3. The van der Waals surface area contributed by atoms with E-state index >= 15 is 0 Å². The van der Waals surface area contributed by atoms with Gasteiger partial charge in [0.15, 0.2) is 0 Å². The van der Waals surface area contributed by atoms with E-state index in [1.165, 1.54) is 12.8 Å². The third kappa shape index (κ3) is 3.86. The molecule has 1 fully saturated rings. The molecule has 104 valence electrons. The first kappa shape index (κ1) is 14.2. The summed E-state index contributed by atoms with van der Waals surface area (Å²) >= 11 is 1.90. The minimum atomic E-state index is -0.0380. The lowest BCUT2D eigenvalue weighted by Crippen LogP contribution is -2.39. The molecule has 2 atom stereocenters. The van der Waals surface area contributed by atoms with Crippen molar-refractivity contribution in [3.63, 3.8) is 0 Å². The second-order valence-electron chi connectivity index (χ2n) is 5.12. The number of nitrogens with one attached hydrogen (secondary N) is 1. The molecular formula is C14H21N3OS. The fraction of sp³-hybridized carbons (Fsp3) is 0.571. The molecule has 0 spiro atoms. The lowest BCUT2D eigenvalue weighted by molar-refractivity contribution is 0.0928. The predicted octanol–water partition coefficient (Wildman–Crippen LogP) is 2.38. The fourth-order valence-corrected chi connectivity index (χ4v) is 3.41. The van der Waals surface area contributed by atoms with Crippen LogP contribution in [0, 0.1) is 6.92 Å². The lowest BCUT2D eigenvalue weighted by Gasteiger charge is -2.28. The van der Waals surface area contributed by atoms with Crippen LogP contribution in [0.4, 0.5) is 5.82 Å². The average Bonchev–Trinajstić information content (AvgIpc) is 2.37. The van der Waals surface area contributed by atoms with E-state index in [1.54, 1.807) is 12.1 Å². The Balaban J connectivity index is 2.00. The van der Waals surface area contributed by atoms with Gasteiger partial charge in [-0.05, 0) is 44.6 Å². The molecule has 1 amide bonds. The Bertz CT molecular complexity index is 444. The monoisotopic (exact) mass is 279 g/mol. The third-order valence-electron chi connectivity index (χ3n) is 3.53. The van der Waals surface area contributed by atoms with Gasteiger partial charge in [-0.3, -0.25) is 4.79 Å². The molecule has 1 aliphatic rings. The third-order valence-corrected chi connectivity index (χ3v) is 4.62. The predicted molar refractivity (Wildman–Crippen MR) is 80.4 cm³/mol. The van der Waals surface area contributed by atoms with E-state index in [0.29, 0.717) is 16.6 Å². The van der Waals surface area contributed by atoms with E-state index in [4.69, 9.17) is 5.73 Å². The highest BCUT2D eigenvalue weighted by atomic mass is 32.2. The Hall–Kier alpha value is -1.23. The summed E-state index contributed by atoms with van der Waals surface area (Å²) < 4.78 is 0. The number of anilines is 1. The van der Waals surface area contributed by atoms with Crippen LogP contribution >= 0.6 is 11.8 Å². The number of hydrogen-bond donors (Lipinski definition) is 2. The Kier molecular flexibility index (Phi) is 4.69. The smallest absolute Gasteiger partial charge is 0.251 e. The zero-order valence-electron chi connectivity index (χ0n) is 11.5. The highest BCUT2D eigenvalue weighted by Gasteiger charge is 2.23. The van der Waals surface area contributed by atoms with Crippen LogP contribution in [-0.4, -0.2) is 28.4 Å². The maximum atomic E-state index is 12.2. The highest BCUT2D eigenvalue weighted by Crippen LogP contribution is 2.27. The summed E-state index contributed by atoms with van der Waals surface area (Å²) in [7, 11) is 0. The molecule has 1 aliphatic carbocycles. The summed E-state index contributed by atoms with van der Waals surface area (Å²) in [6.45, 7) is 1.84. The van der Waals surface area contributed by atoms with Crippen molar-refractivity contribution in [3.05, 3.63) is 23.4 Å². The fourth-order valence-electron chi connectivity index (χ4n) is 2.58. The zero-order chi connectivity index (χ0) is 13.8. The maximum Gasteiger partial charge on any atom is 0.251 e. The second-order valence-corrected chi connectivity index (χ2v) is 6.25. The number of nitrogen functional groups attached to an aromatic ring is 1. The summed E-state index contributed by atoms with van der Waals surface area (Å²) in [5, 5.41) is 3.79. The molecule has 2 rings (SSSR count). The van der Waals surface area contributed by atoms with Crippen molar-refractivity contribution in [2.75, 3.05) is 12.0 Å². The lowest BCUT2D eigenvalue weighted by atomic mass is 9.94. The summed E-state index contributed by atoms with van der Waals surface area (Å²) in [6, 6.07) is 3.70. The van der Waals surface area contributed by atoms with Gasteiger partial charge >= 0.3 is 0 Å². The van der Waals surface area contributed by atoms with Crippen LogP contribution in [0.5, 0.6) is 0 Å². The van der Waals surface area contributed by atoms with E-state index < -0.39 is 0 Å². The van der Waals surface area contributed by atoms with Crippen LogP contribution in [0.25, 0.3) is 0 Å². The number of aromatic nitrogens is 1. The van der Waals surface area contributed by atoms with Gasteiger partial charge in [0.2, 0.25) is 0 Å². The normalized spacial score (nSPS) is 23.1. The quantitative estimate of drug-likeness (QED) is 0.891. The van der Waals surface area contributed by atoms with Gasteiger partial charge in [0, 0.05) is 22.5 Å². The second kappa shape index (κ2) is 6.28. The Morgan fingerprint density at radius 1 is 1.47 bits per heavy atom. The Morgan fingerprint density at radius 3 is 2.95 bits per heavy atom. The van der Waals surface area contributed by atoms with E-state index in [9.17, 15) is 4.79 Å². The molecule has 1 saturated carbocycles. The Labute approximate surface area is 118 Å². The van der Waals surface area contributed by atoms with E-state index in [2.05, 4.69) is 16.6 Å². The van der Waals surface area contributed by atoms with Gasteiger partial charge in [0.25, 0.3) is 5.91 Å². The van der Waals surface area contributed by atoms with Crippen LogP contribution in [-0.2, 0) is 0 Å². The van der Waals surface area contributed by atoms with Gasteiger partial charge in [-0.2, -0.15) is 11.8 Å². The molecule has 0 aliphatic heterocycles. The number of nitrogens with two attached hydrogens (primary N) is 1. The molecule has 0 bridgehead atoms. The van der Waals surface area contributed by atoms with Crippen LogP contribution < -0.4 is 11.1 Å². The van der Waals surface area contributed by atoms with Crippen molar-refractivity contribution in [1.29, 1.82) is 0 Å². The highest BCUT2D eigenvalue weighted by molar-refractivity contribution is 7.99. The van der Waals surface area contributed by atoms with Crippen LogP contribution in [0.3, 0.4) is 0 Å². The van der Waals surface area contributed by atoms with Crippen LogP contribution in [0.15, 0.2) is 12.1 Å². The first-order valence-electron chi connectivity index (χ1n) is 6.66. The molecule has 2 unspecified atom stereocenters. The number of carbonyl (C=O) groups excluding carboxylic acids is 1. The number of amides is 1. The summed E-state index contributed by atoms with van der Waals surface area (Å²) in [6.07, 6.45) is 6.72. The van der Waals surface area contributed by atoms with Crippen LogP contribution in [0.2, 0.25) is 0 Å². The first-order valence-corrected chi connectivity index (χ1v) is 7.95. The number of hydrogen-bond acceptors (Lipinski definition) is 4. The summed E-state index contributed by atoms with van der Waals surface area (Å²) in [5.74, 6) is 0.361. The van der Waals surface area contributed by atoms with Gasteiger partial charge in [-0.1, -0.05) is 6.42 Å². The topological polar surface area (TPSA) is 68.0 Å². The van der Waals surface area contributed by atoms with Gasteiger partial charge < -0.3 is 11.1 Å². The molecule has 0 radical (unpaired) electrons. The number of carbonyl (C=O) groups is 1. The van der Waals surface area contributed by atoms with Gasteiger partial charge in [-0.25, -0.2) is 4.98 Å². The van der Waals surface area contributed by atoms with Crippen molar-refractivity contribution in [2.45, 2.75) is 43.9 Å². The molecule has 0 aromatic carbocycles. The number of nitrogens with zero attached hydrogens (tertiary/aromatic N) is 1. The van der Waals surface area contributed by atoms with Crippen molar-refractivity contribution < 1.29 is 4.79 Å². The molecule has 5 heteroatoms. The van der Waals surface area contributed by atoms with Gasteiger partial charge in [-0.15, -0.1) is 0 Å². The van der Waals surface area contributed by atoms with Gasteiger partial charge in [0.1, 0.15) is 5.82 Å². The number of rotatable bonds is 3. The maximum absolute atomic E-state index is 12.2. The van der Waals surface area contributed by atoms with Crippen molar-refractivity contribution >= 4 is 23.5 Å². The van der Waals surface area contributed by atoms with Crippen molar-refractivity contribution in [3.8, 4) is 0 Å². The SMILES string of the molecule is CSC1CCCC(NC(=O)c2cc(C)nc(N)c2)C1. The van der Waals surface area contributed by atoms with E-state index in [0.717, 1.165) is 18.5 Å². The first-order chi connectivity index (χ1) is 9.08. The molecule has 19 heavy (non-hydrogen) atoms. The number of thioether (sulfide) groups is 1. The summed E-state index contributed by atoms with van der Waals surface area (Å²) in [5.41, 5.74) is 7.06. The zero-order valence-corrected chi connectivity index (χ0v) is 12.3. The molecule has 0 saturated heterocycles. The average molecular weight is 279 g/mol.